The standard InChI is InChI=1S/C22H28N6O2/c1-2-15-7-8-19-16(13-15)14-18(22(29)23-19)20(27-9-11-30-12-10-27)21-24-25-26-28(21)17-5-3-4-6-17/h7-8,13-14,17,20H,2-6,9-12H2,1H3,(H,23,29)/p+1/t20-/m0/s1. The number of nitrogens with one attached hydrogen (secondary N) is 2. The van der Waals surface area contributed by atoms with Crippen LogP contribution in [0.15, 0.2) is 29.1 Å². The summed E-state index contributed by atoms with van der Waals surface area (Å²) in [5.41, 5.74) is 2.80. The summed E-state index contributed by atoms with van der Waals surface area (Å²) in [6, 6.07) is 8.41. The van der Waals surface area contributed by atoms with Crippen molar-refractivity contribution >= 4 is 10.9 Å². The molecule has 3 heterocycles. The minimum atomic E-state index is -0.206. The molecule has 2 N–H and O–H groups in total. The van der Waals surface area contributed by atoms with Crippen molar-refractivity contribution in [2.75, 3.05) is 26.3 Å². The zero-order chi connectivity index (χ0) is 20.5. The first-order valence-corrected chi connectivity index (χ1v) is 11.1. The van der Waals surface area contributed by atoms with Crippen molar-refractivity contribution in [3.05, 3.63) is 51.6 Å². The largest absolute Gasteiger partial charge is 0.370 e. The molecule has 0 amide bonds. The lowest BCUT2D eigenvalue weighted by Crippen LogP contribution is -3.14. The molecule has 2 aromatic heterocycles. The molecule has 8 nitrogen and oxygen atoms in total. The van der Waals surface area contributed by atoms with Gasteiger partial charge in [-0.05, 0) is 58.8 Å². The molecule has 2 fully saturated rings. The van der Waals surface area contributed by atoms with Crippen LogP contribution in [0.1, 0.15) is 61.6 Å². The maximum absolute atomic E-state index is 13.2. The lowest BCUT2D eigenvalue weighted by Gasteiger charge is -2.31. The minimum Gasteiger partial charge on any atom is -0.370 e. The first kappa shape index (κ1) is 19.4. The van der Waals surface area contributed by atoms with Crippen molar-refractivity contribution in [2.45, 2.75) is 51.1 Å². The average Bonchev–Trinajstić information content (AvgIpc) is 3.47. The highest BCUT2D eigenvalue weighted by molar-refractivity contribution is 5.79. The van der Waals surface area contributed by atoms with Gasteiger partial charge in [0.2, 0.25) is 5.82 Å². The Hall–Kier alpha value is -2.58. The number of rotatable bonds is 5. The number of nitrogens with zero attached hydrogens (tertiary/aromatic N) is 4. The quantitative estimate of drug-likeness (QED) is 0.661. The topological polar surface area (TPSA) is 90.1 Å². The summed E-state index contributed by atoms with van der Waals surface area (Å²) in [6.45, 7) is 5.16. The number of aromatic amines is 1. The number of hydrogen-bond acceptors (Lipinski definition) is 5. The number of fused-ring (bicyclic) bond motifs is 1. The Balaban J connectivity index is 1.65. The van der Waals surface area contributed by atoms with Crippen molar-refractivity contribution in [3.63, 3.8) is 0 Å². The van der Waals surface area contributed by atoms with Crippen LogP contribution >= 0.6 is 0 Å². The smallest absolute Gasteiger partial charge is 0.258 e. The zero-order valence-electron chi connectivity index (χ0n) is 17.4. The first-order valence-electron chi connectivity index (χ1n) is 11.1. The Morgan fingerprint density at radius 2 is 2.03 bits per heavy atom. The summed E-state index contributed by atoms with van der Waals surface area (Å²) in [5, 5.41) is 13.9. The molecule has 30 heavy (non-hydrogen) atoms. The van der Waals surface area contributed by atoms with Gasteiger partial charge in [-0.1, -0.05) is 25.8 Å². The van der Waals surface area contributed by atoms with E-state index in [4.69, 9.17) is 4.74 Å². The second-order valence-corrected chi connectivity index (χ2v) is 8.45. The van der Waals surface area contributed by atoms with Crippen LogP contribution in [0.2, 0.25) is 0 Å². The molecule has 5 rings (SSSR count). The molecule has 0 spiro atoms. The number of benzene rings is 1. The zero-order valence-corrected chi connectivity index (χ0v) is 17.4. The number of quaternary nitrogens is 1. The van der Waals surface area contributed by atoms with Crippen molar-refractivity contribution in [1.82, 2.24) is 25.2 Å². The summed E-state index contributed by atoms with van der Waals surface area (Å²) in [6.07, 6.45) is 5.56. The number of pyridine rings is 1. The Kier molecular flexibility index (Phi) is 5.35. The summed E-state index contributed by atoms with van der Waals surface area (Å²) in [4.78, 5) is 17.6. The van der Waals surface area contributed by atoms with Gasteiger partial charge in [-0.15, -0.1) is 5.10 Å². The molecular weight excluding hydrogens is 380 g/mol. The van der Waals surface area contributed by atoms with Gasteiger partial charge in [0.15, 0.2) is 6.04 Å². The number of ether oxygens (including phenoxy) is 1. The molecule has 1 saturated carbocycles. The highest BCUT2D eigenvalue weighted by atomic mass is 16.5. The lowest BCUT2D eigenvalue weighted by molar-refractivity contribution is -0.933. The third kappa shape index (κ3) is 3.54. The predicted octanol–water partition coefficient (Wildman–Crippen LogP) is 1.20. The lowest BCUT2D eigenvalue weighted by atomic mass is 10.0. The second-order valence-electron chi connectivity index (χ2n) is 8.45. The monoisotopic (exact) mass is 409 g/mol. The fraction of sp³-hybridized carbons (Fsp3) is 0.545. The summed E-state index contributed by atoms with van der Waals surface area (Å²) in [7, 11) is 0. The van der Waals surface area contributed by atoms with Gasteiger partial charge >= 0.3 is 0 Å². The number of morpholine rings is 1. The summed E-state index contributed by atoms with van der Waals surface area (Å²) < 4.78 is 7.59. The number of H-pyrrole nitrogens is 1. The van der Waals surface area contributed by atoms with Crippen molar-refractivity contribution in [2.24, 2.45) is 0 Å². The molecule has 1 aliphatic heterocycles. The molecule has 0 radical (unpaired) electrons. The van der Waals surface area contributed by atoms with Crippen LogP contribution in [0.25, 0.3) is 10.9 Å². The number of hydrogen-bond donors (Lipinski definition) is 2. The Morgan fingerprint density at radius 1 is 1.23 bits per heavy atom. The molecule has 0 bridgehead atoms. The molecule has 1 aromatic carbocycles. The van der Waals surface area contributed by atoms with Crippen LogP contribution in [0.3, 0.4) is 0 Å². The summed E-state index contributed by atoms with van der Waals surface area (Å²) >= 11 is 0. The van der Waals surface area contributed by atoms with Crippen LogP contribution in [-0.2, 0) is 11.2 Å². The second kappa shape index (κ2) is 8.28. The van der Waals surface area contributed by atoms with E-state index < -0.39 is 0 Å². The van der Waals surface area contributed by atoms with Crippen molar-refractivity contribution in [1.29, 1.82) is 0 Å². The van der Waals surface area contributed by atoms with E-state index in [1.807, 2.05) is 16.8 Å². The van der Waals surface area contributed by atoms with Crippen LogP contribution in [0.5, 0.6) is 0 Å². The fourth-order valence-corrected chi connectivity index (χ4v) is 4.97. The molecule has 158 valence electrons. The molecule has 1 atom stereocenters. The van der Waals surface area contributed by atoms with E-state index in [1.54, 1.807) is 0 Å². The molecule has 2 aliphatic rings. The van der Waals surface area contributed by atoms with E-state index in [0.717, 1.165) is 54.6 Å². The number of aryl methyl sites for hydroxylation is 1. The number of tetrazole rings is 1. The van der Waals surface area contributed by atoms with Gasteiger partial charge in [0.25, 0.3) is 5.56 Å². The average molecular weight is 410 g/mol. The molecule has 8 heteroatoms. The van der Waals surface area contributed by atoms with Gasteiger partial charge in [-0.2, -0.15) is 0 Å². The van der Waals surface area contributed by atoms with Crippen molar-refractivity contribution < 1.29 is 9.64 Å². The third-order valence-electron chi connectivity index (χ3n) is 6.65. The van der Waals surface area contributed by atoms with E-state index in [-0.39, 0.29) is 11.6 Å². The van der Waals surface area contributed by atoms with Gasteiger partial charge in [-0.25, -0.2) is 4.68 Å². The van der Waals surface area contributed by atoms with Crippen LogP contribution in [0, 0.1) is 0 Å². The Bertz CT molecular complexity index is 1080. The van der Waals surface area contributed by atoms with Gasteiger partial charge in [0.1, 0.15) is 13.1 Å². The van der Waals surface area contributed by atoms with Gasteiger partial charge in [0.05, 0.1) is 24.8 Å². The van der Waals surface area contributed by atoms with E-state index in [9.17, 15) is 4.79 Å². The van der Waals surface area contributed by atoms with Gasteiger partial charge in [0, 0.05) is 5.52 Å². The van der Waals surface area contributed by atoms with Crippen LogP contribution in [0.4, 0.5) is 0 Å². The Labute approximate surface area is 175 Å². The SMILES string of the molecule is CCc1ccc2[nH]c(=O)c([C@@H](c3nnnn3C3CCCC3)[NH+]3CCOCC3)cc2c1. The summed E-state index contributed by atoms with van der Waals surface area (Å²) in [5.74, 6) is 0.801. The predicted molar refractivity (Wildman–Crippen MR) is 113 cm³/mol. The maximum atomic E-state index is 13.2. The van der Waals surface area contributed by atoms with E-state index >= 15 is 0 Å². The Morgan fingerprint density at radius 3 is 2.80 bits per heavy atom. The third-order valence-corrected chi connectivity index (χ3v) is 6.65. The van der Waals surface area contributed by atoms with Gasteiger partial charge in [-0.3, -0.25) is 4.79 Å². The molecule has 1 saturated heterocycles. The first-order chi connectivity index (χ1) is 14.7. The maximum Gasteiger partial charge on any atom is 0.258 e. The highest BCUT2D eigenvalue weighted by Gasteiger charge is 2.36. The molecule has 1 aliphatic carbocycles. The normalized spacial score (nSPS) is 19.5. The van der Waals surface area contributed by atoms with E-state index in [1.165, 1.54) is 23.3 Å². The molecule has 0 unspecified atom stereocenters. The minimum absolute atomic E-state index is 0.0586. The van der Waals surface area contributed by atoms with Crippen molar-refractivity contribution in [3.8, 4) is 0 Å². The van der Waals surface area contributed by atoms with Crippen LogP contribution in [-0.4, -0.2) is 51.5 Å². The van der Waals surface area contributed by atoms with Crippen LogP contribution < -0.4 is 10.5 Å². The van der Waals surface area contributed by atoms with Gasteiger partial charge < -0.3 is 14.6 Å². The molecule has 3 aromatic rings. The molecular formula is C22H29N6O2+. The fourth-order valence-electron chi connectivity index (χ4n) is 4.97. The number of aromatic nitrogens is 5. The van der Waals surface area contributed by atoms with E-state index in [2.05, 4.69) is 39.6 Å². The highest BCUT2D eigenvalue weighted by Crippen LogP contribution is 2.31. The van der Waals surface area contributed by atoms with E-state index in [0.29, 0.717) is 19.3 Å².